The molecule has 2 N–H and O–H groups in total. The Morgan fingerprint density at radius 3 is 2.33 bits per heavy atom. The summed E-state index contributed by atoms with van der Waals surface area (Å²) in [7, 11) is -4.09. The molecule has 0 aromatic rings. The van der Waals surface area contributed by atoms with Crippen LogP contribution < -0.4 is 4.72 Å². The van der Waals surface area contributed by atoms with E-state index in [2.05, 4.69) is 25.5 Å². The zero-order chi connectivity index (χ0) is 11.5. The molecule has 0 aromatic carbocycles. The Morgan fingerprint density at radius 1 is 1.33 bits per heavy atom. The quantitative estimate of drug-likeness (QED) is 0.712. The molecule has 0 aliphatic heterocycles. The van der Waals surface area contributed by atoms with Crippen LogP contribution in [0.15, 0.2) is 0 Å². The lowest BCUT2D eigenvalue weighted by molar-refractivity contribution is 0.125. The van der Waals surface area contributed by atoms with Crippen molar-refractivity contribution < 1.29 is 13.0 Å². The van der Waals surface area contributed by atoms with Gasteiger partial charge in [-0.1, -0.05) is 20.8 Å². The molecule has 15 heavy (non-hydrogen) atoms. The minimum absolute atomic E-state index is 0.0178. The molecule has 0 amide bonds. The van der Waals surface area contributed by atoms with Crippen molar-refractivity contribution in [2.24, 2.45) is 16.7 Å². The highest BCUT2D eigenvalue weighted by atomic mass is 32.2. The van der Waals surface area contributed by atoms with Crippen LogP contribution in [0.2, 0.25) is 0 Å². The topological polar surface area (TPSA) is 66.4 Å². The Labute approximate surface area is 91.3 Å². The average molecular weight is 233 g/mol. The van der Waals surface area contributed by atoms with Gasteiger partial charge in [0.2, 0.25) is 0 Å². The lowest BCUT2D eigenvalue weighted by atomic mass is 9.69. The smallest absolute Gasteiger partial charge is 0.273 e. The fourth-order valence-corrected chi connectivity index (χ4v) is 4.63. The number of fused-ring (bicyclic) bond motifs is 2. The van der Waals surface area contributed by atoms with Gasteiger partial charge in [-0.05, 0) is 36.0 Å². The molecular formula is C10H19NO3S. The predicted molar refractivity (Wildman–Crippen MR) is 57.7 cm³/mol. The van der Waals surface area contributed by atoms with E-state index >= 15 is 0 Å². The van der Waals surface area contributed by atoms with Crippen molar-refractivity contribution in [3.63, 3.8) is 0 Å². The Balaban J connectivity index is 2.31. The van der Waals surface area contributed by atoms with E-state index in [0.717, 1.165) is 12.8 Å². The molecule has 5 heteroatoms. The van der Waals surface area contributed by atoms with E-state index in [1.807, 2.05) is 0 Å². The molecular weight excluding hydrogens is 214 g/mol. The van der Waals surface area contributed by atoms with Crippen LogP contribution in [0.5, 0.6) is 0 Å². The highest BCUT2D eigenvalue weighted by Crippen LogP contribution is 2.62. The first-order chi connectivity index (χ1) is 6.65. The van der Waals surface area contributed by atoms with Gasteiger partial charge >= 0.3 is 10.3 Å². The van der Waals surface area contributed by atoms with Crippen LogP contribution in [0, 0.1) is 16.7 Å². The van der Waals surface area contributed by atoms with Gasteiger partial charge in [0.25, 0.3) is 0 Å². The third kappa shape index (κ3) is 1.70. The van der Waals surface area contributed by atoms with Crippen molar-refractivity contribution in [1.29, 1.82) is 0 Å². The van der Waals surface area contributed by atoms with Gasteiger partial charge < -0.3 is 0 Å². The maximum atomic E-state index is 10.9. The van der Waals surface area contributed by atoms with Gasteiger partial charge in [-0.3, -0.25) is 4.55 Å². The molecule has 3 unspecified atom stereocenters. The fourth-order valence-electron chi connectivity index (χ4n) is 3.75. The van der Waals surface area contributed by atoms with Crippen molar-refractivity contribution in [2.45, 2.75) is 46.1 Å². The summed E-state index contributed by atoms with van der Waals surface area (Å²) in [6.07, 6.45) is 3.29. The van der Waals surface area contributed by atoms with Gasteiger partial charge in [0.05, 0.1) is 0 Å². The number of hydrogen-bond acceptors (Lipinski definition) is 2. The van der Waals surface area contributed by atoms with Crippen LogP contribution in [-0.4, -0.2) is 19.0 Å². The summed E-state index contributed by atoms with van der Waals surface area (Å²) in [5.41, 5.74) is -0.0350. The van der Waals surface area contributed by atoms with Crippen LogP contribution in [0.3, 0.4) is 0 Å². The van der Waals surface area contributed by atoms with E-state index in [1.54, 1.807) is 0 Å². The summed E-state index contributed by atoms with van der Waals surface area (Å²) in [6.45, 7) is 6.29. The summed E-state index contributed by atoms with van der Waals surface area (Å²) in [5.74, 6) is 0.571. The van der Waals surface area contributed by atoms with Crippen LogP contribution in [0.1, 0.15) is 40.0 Å². The first-order valence-electron chi connectivity index (χ1n) is 5.40. The van der Waals surface area contributed by atoms with Crippen LogP contribution in [0.25, 0.3) is 0 Å². The van der Waals surface area contributed by atoms with Crippen molar-refractivity contribution in [3.05, 3.63) is 0 Å². The molecule has 2 saturated carbocycles. The number of hydrogen-bond donors (Lipinski definition) is 2. The van der Waals surface area contributed by atoms with Crippen molar-refractivity contribution in [3.8, 4) is 0 Å². The Kier molecular flexibility index (Phi) is 2.24. The minimum Gasteiger partial charge on any atom is -0.273 e. The summed E-state index contributed by atoms with van der Waals surface area (Å²) in [5, 5.41) is 0. The van der Waals surface area contributed by atoms with Crippen LogP contribution in [0.4, 0.5) is 0 Å². The predicted octanol–water partition coefficient (Wildman–Crippen LogP) is 1.59. The van der Waals surface area contributed by atoms with Crippen LogP contribution in [-0.2, 0) is 10.3 Å². The normalized spacial score (nSPS) is 43.5. The van der Waals surface area contributed by atoms with E-state index in [-0.39, 0.29) is 16.9 Å². The monoisotopic (exact) mass is 233 g/mol. The third-order valence-electron chi connectivity index (χ3n) is 4.54. The SMILES string of the molecule is CC12CCC(C1)C(C)(C)C2NS(=O)(=O)O. The average Bonchev–Trinajstić information content (AvgIpc) is 2.48. The first-order valence-corrected chi connectivity index (χ1v) is 6.84. The third-order valence-corrected chi connectivity index (χ3v) is 5.07. The molecule has 0 heterocycles. The van der Waals surface area contributed by atoms with E-state index in [1.165, 1.54) is 6.42 Å². The molecule has 3 atom stereocenters. The van der Waals surface area contributed by atoms with Crippen molar-refractivity contribution in [1.82, 2.24) is 4.72 Å². The Morgan fingerprint density at radius 2 is 1.93 bits per heavy atom. The lowest BCUT2D eigenvalue weighted by Gasteiger charge is -2.42. The van der Waals surface area contributed by atoms with Gasteiger partial charge in [-0.25, -0.2) is 0 Å². The second-order valence-corrected chi connectivity index (χ2v) is 7.13. The highest BCUT2D eigenvalue weighted by Gasteiger charge is 2.60. The van der Waals surface area contributed by atoms with Crippen LogP contribution >= 0.6 is 0 Å². The molecule has 0 saturated heterocycles. The molecule has 0 aromatic heterocycles. The Hall–Kier alpha value is -0.130. The van der Waals surface area contributed by atoms with E-state index in [4.69, 9.17) is 4.55 Å². The minimum atomic E-state index is -4.09. The molecule has 88 valence electrons. The van der Waals surface area contributed by atoms with Crippen molar-refractivity contribution >= 4 is 10.3 Å². The largest absolute Gasteiger partial charge is 0.333 e. The maximum Gasteiger partial charge on any atom is 0.333 e. The van der Waals surface area contributed by atoms with E-state index in [9.17, 15) is 8.42 Å². The molecule has 0 radical (unpaired) electrons. The maximum absolute atomic E-state index is 10.9. The number of rotatable bonds is 2. The summed E-state index contributed by atoms with van der Waals surface area (Å²) in [6, 6.07) is -0.140. The second kappa shape index (κ2) is 2.96. The van der Waals surface area contributed by atoms with Crippen molar-refractivity contribution in [2.75, 3.05) is 0 Å². The van der Waals surface area contributed by atoms with Gasteiger partial charge in [-0.15, -0.1) is 0 Å². The molecule has 2 aliphatic rings. The van der Waals surface area contributed by atoms with E-state index < -0.39 is 10.3 Å². The van der Waals surface area contributed by atoms with Gasteiger partial charge in [0.1, 0.15) is 0 Å². The van der Waals surface area contributed by atoms with Gasteiger partial charge in [0, 0.05) is 6.04 Å². The summed E-state index contributed by atoms with van der Waals surface area (Å²) in [4.78, 5) is 0. The molecule has 2 aliphatic carbocycles. The van der Waals surface area contributed by atoms with Gasteiger partial charge in [0.15, 0.2) is 0 Å². The standard InChI is InChI=1S/C10H19NO3S/c1-9(2)7-4-5-10(3,6-7)8(9)11-15(12,13)14/h7-8,11H,4-6H2,1-3H3,(H,12,13,14). The zero-order valence-electron chi connectivity index (χ0n) is 9.45. The molecule has 2 fully saturated rings. The zero-order valence-corrected chi connectivity index (χ0v) is 10.3. The van der Waals surface area contributed by atoms with E-state index in [0.29, 0.717) is 5.92 Å². The molecule has 4 nitrogen and oxygen atoms in total. The highest BCUT2D eigenvalue weighted by molar-refractivity contribution is 7.83. The molecule has 2 rings (SSSR count). The molecule has 2 bridgehead atoms. The fraction of sp³-hybridized carbons (Fsp3) is 1.00. The lowest BCUT2D eigenvalue weighted by Crippen LogP contribution is -2.52. The second-order valence-electron chi connectivity index (χ2n) is 5.94. The molecule has 0 spiro atoms. The Bertz CT molecular complexity index is 371. The first kappa shape index (κ1) is 11.4. The number of nitrogens with one attached hydrogen (secondary N) is 1. The summed E-state index contributed by atoms with van der Waals surface area (Å²) >= 11 is 0. The summed E-state index contributed by atoms with van der Waals surface area (Å²) < 4.78 is 33.2. The van der Waals surface area contributed by atoms with Gasteiger partial charge in [-0.2, -0.15) is 13.1 Å².